The van der Waals surface area contributed by atoms with Gasteiger partial charge in [0.15, 0.2) is 0 Å². The summed E-state index contributed by atoms with van der Waals surface area (Å²) in [6.45, 7) is 7.60. The lowest BCUT2D eigenvalue weighted by Crippen LogP contribution is -2.42. The highest BCUT2D eigenvalue weighted by Gasteiger charge is 2.29. The average Bonchev–Trinajstić information content (AvgIpc) is 2.41. The summed E-state index contributed by atoms with van der Waals surface area (Å²) in [6.07, 6.45) is 2.47. The average molecular weight is 341 g/mol. The first-order valence-electron chi connectivity index (χ1n) is 7.24. The molecule has 1 aliphatic heterocycles. The van der Waals surface area contributed by atoms with Gasteiger partial charge in [0.05, 0.1) is 11.6 Å². The topological polar surface area (TPSA) is 38.5 Å². The Labute approximate surface area is 130 Å². The van der Waals surface area contributed by atoms with Gasteiger partial charge in [-0.1, -0.05) is 19.9 Å². The van der Waals surface area contributed by atoms with E-state index in [9.17, 15) is 0 Å². The Hall–Kier alpha value is -0.580. The molecular weight excluding hydrogens is 316 g/mol. The molecule has 0 aromatic heterocycles. The highest BCUT2D eigenvalue weighted by Crippen LogP contribution is 2.35. The molecule has 0 saturated carbocycles. The minimum atomic E-state index is 0.299. The van der Waals surface area contributed by atoms with E-state index in [1.165, 1.54) is 18.4 Å². The molecule has 20 heavy (non-hydrogen) atoms. The minimum absolute atomic E-state index is 0.299. The normalized spacial score (nSPS) is 20.6. The third-order valence-corrected chi connectivity index (χ3v) is 5.00. The molecule has 1 aliphatic rings. The van der Waals surface area contributed by atoms with Crippen molar-refractivity contribution in [3.63, 3.8) is 0 Å². The number of methoxy groups -OCH3 is 1. The van der Waals surface area contributed by atoms with Gasteiger partial charge < -0.3 is 10.5 Å². The molecule has 0 aliphatic carbocycles. The maximum atomic E-state index is 6.04. The summed E-state index contributed by atoms with van der Waals surface area (Å²) in [5.74, 6) is 0.865. The van der Waals surface area contributed by atoms with E-state index in [2.05, 4.69) is 46.8 Å². The first-order valence-corrected chi connectivity index (χ1v) is 8.04. The van der Waals surface area contributed by atoms with Crippen LogP contribution in [0.2, 0.25) is 0 Å². The second-order valence-electron chi connectivity index (χ2n) is 6.35. The van der Waals surface area contributed by atoms with Gasteiger partial charge >= 0.3 is 0 Å². The van der Waals surface area contributed by atoms with Crippen LogP contribution in [0.5, 0.6) is 5.75 Å². The zero-order valence-corrected chi connectivity index (χ0v) is 14.2. The maximum Gasteiger partial charge on any atom is 0.133 e. The van der Waals surface area contributed by atoms with Gasteiger partial charge in [0, 0.05) is 12.6 Å². The van der Waals surface area contributed by atoms with Gasteiger partial charge in [0.1, 0.15) is 5.75 Å². The third-order valence-electron chi connectivity index (χ3n) is 4.38. The summed E-state index contributed by atoms with van der Waals surface area (Å²) >= 11 is 3.56. The van der Waals surface area contributed by atoms with Gasteiger partial charge in [0.25, 0.3) is 0 Å². The van der Waals surface area contributed by atoms with Crippen LogP contribution in [0.4, 0.5) is 0 Å². The van der Waals surface area contributed by atoms with Crippen molar-refractivity contribution in [2.75, 3.05) is 26.7 Å². The van der Waals surface area contributed by atoms with Gasteiger partial charge in [-0.05, 0) is 65.0 Å². The molecule has 2 rings (SSSR count). The predicted octanol–water partition coefficient (Wildman–Crippen LogP) is 3.58. The lowest BCUT2D eigenvalue weighted by molar-refractivity contribution is 0.0963. The van der Waals surface area contributed by atoms with E-state index < -0.39 is 0 Å². The lowest BCUT2D eigenvalue weighted by Gasteiger charge is -2.41. The van der Waals surface area contributed by atoms with Crippen molar-refractivity contribution in [3.8, 4) is 5.75 Å². The Kier molecular flexibility index (Phi) is 5.10. The summed E-state index contributed by atoms with van der Waals surface area (Å²) in [6, 6.07) is 6.57. The number of piperidine rings is 1. The quantitative estimate of drug-likeness (QED) is 0.910. The molecule has 1 heterocycles. The number of benzene rings is 1. The molecule has 1 saturated heterocycles. The highest BCUT2D eigenvalue weighted by atomic mass is 79.9. The molecule has 0 spiro atoms. The Morgan fingerprint density at radius 2 is 2.00 bits per heavy atom. The first-order chi connectivity index (χ1) is 9.46. The number of hydrogen-bond acceptors (Lipinski definition) is 3. The molecule has 2 N–H and O–H groups in total. The van der Waals surface area contributed by atoms with Gasteiger partial charge in [0.2, 0.25) is 0 Å². The number of likely N-dealkylation sites (tertiary alicyclic amines) is 1. The van der Waals surface area contributed by atoms with Gasteiger partial charge in [-0.15, -0.1) is 0 Å². The number of nitrogens with zero attached hydrogens (tertiary/aromatic N) is 1. The molecule has 1 aromatic rings. The molecule has 112 valence electrons. The zero-order chi connectivity index (χ0) is 14.8. The molecule has 0 amide bonds. The zero-order valence-electron chi connectivity index (χ0n) is 12.7. The van der Waals surface area contributed by atoms with Crippen LogP contribution in [0.3, 0.4) is 0 Å². The molecule has 3 nitrogen and oxygen atoms in total. The van der Waals surface area contributed by atoms with Crippen molar-refractivity contribution in [2.45, 2.75) is 32.7 Å². The fourth-order valence-corrected chi connectivity index (χ4v) is 3.39. The summed E-state index contributed by atoms with van der Waals surface area (Å²) in [5.41, 5.74) is 7.77. The van der Waals surface area contributed by atoms with E-state index in [-0.39, 0.29) is 0 Å². The van der Waals surface area contributed by atoms with E-state index in [1.54, 1.807) is 7.11 Å². The molecule has 1 unspecified atom stereocenters. The largest absolute Gasteiger partial charge is 0.496 e. The van der Waals surface area contributed by atoms with Crippen LogP contribution < -0.4 is 10.5 Å². The highest BCUT2D eigenvalue weighted by molar-refractivity contribution is 9.10. The Balaban J connectivity index is 2.14. The minimum Gasteiger partial charge on any atom is -0.496 e. The standard InChI is InChI=1S/C16H25BrN2O/c1-16(2)6-8-19(9-7-16)14(11-18)12-4-5-15(20-3)13(17)10-12/h4-5,10,14H,6-9,11,18H2,1-3H3. The number of ether oxygens (including phenoxy) is 1. The third kappa shape index (κ3) is 3.54. The molecular formula is C16H25BrN2O. The molecule has 0 bridgehead atoms. The summed E-state index contributed by atoms with van der Waals surface area (Å²) < 4.78 is 6.29. The fraction of sp³-hybridized carbons (Fsp3) is 0.625. The Bertz CT molecular complexity index is 452. The van der Waals surface area contributed by atoms with Crippen LogP contribution in [0, 0.1) is 5.41 Å². The molecule has 4 heteroatoms. The van der Waals surface area contributed by atoms with Crippen LogP contribution in [-0.4, -0.2) is 31.6 Å². The van der Waals surface area contributed by atoms with Crippen LogP contribution in [0.15, 0.2) is 22.7 Å². The molecule has 1 fully saturated rings. The monoisotopic (exact) mass is 340 g/mol. The van der Waals surface area contributed by atoms with Gasteiger partial charge in [-0.2, -0.15) is 0 Å². The van der Waals surface area contributed by atoms with Crippen molar-refractivity contribution in [1.29, 1.82) is 0 Å². The van der Waals surface area contributed by atoms with Crippen molar-refractivity contribution in [3.05, 3.63) is 28.2 Å². The fourth-order valence-electron chi connectivity index (χ4n) is 2.83. The SMILES string of the molecule is COc1ccc(C(CN)N2CCC(C)(C)CC2)cc1Br. The number of rotatable bonds is 4. The summed E-state index contributed by atoms with van der Waals surface area (Å²) in [5, 5.41) is 0. The first kappa shape index (κ1) is 15.8. The Morgan fingerprint density at radius 1 is 1.35 bits per heavy atom. The van der Waals surface area contributed by atoms with Crippen LogP contribution in [0.1, 0.15) is 38.3 Å². The van der Waals surface area contributed by atoms with Crippen LogP contribution in [0.25, 0.3) is 0 Å². The van der Waals surface area contributed by atoms with E-state index in [0.717, 1.165) is 23.3 Å². The van der Waals surface area contributed by atoms with Gasteiger partial charge in [-0.3, -0.25) is 4.90 Å². The second kappa shape index (κ2) is 6.46. The van der Waals surface area contributed by atoms with Crippen molar-refractivity contribution in [2.24, 2.45) is 11.1 Å². The Morgan fingerprint density at radius 3 is 2.50 bits per heavy atom. The van der Waals surface area contributed by atoms with E-state index >= 15 is 0 Å². The second-order valence-corrected chi connectivity index (χ2v) is 7.20. The van der Waals surface area contributed by atoms with Crippen LogP contribution in [-0.2, 0) is 0 Å². The number of hydrogen-bond donors (Lipinski definition) is 1. The molecule has 0 radical (unpaired) electrons. The van der Waals surface area contributed by atoms with Crippen LogP contribution >= 0.6 is 15.9 Å². The maximum absolute atomic E-state index is 6.04. The predicted molar refractivity (Wildman–Crippen MR) is 87.1 cm³/mol. The van der Waals surface area contributed by atoms with Crippen molar-refractivity contribution in [1.82, 2.24) is 4.90 Å². The van der Waals surface area contributed by atoms with E-state index in [4.69, 9.17) is 10.5 Å². The summed E-state index contributed by atoms with van der Waals surface area (Å²) in [7, 11) is 1.69. The number of halogens is 1. The lowest BCUT2D eigenvalue weighted by atomic mass is 9.82. The van der Waals surface area contributed by atoms with E-state index in [1.807, 2.05) is 6.07 Å². The van der Waals surface area contributed by atoms with Crippen molar-refractivity contribution < 1.29 is 4.74 Å². The van der Waals surface area contributed by atoms with Gasteiger partial charge in [-0.25, -0.2) is 0 Å². The van der Waals surface area contributed by atoms with Crippen molar-refractivity contribution >= 4 is 15.9 Å². The summed E-state index contributed by atoms with van der Waals surface area (Å²) in [4.78, 5) is 2.51. The number of nitrogens with two attached hydrogens (primary N) is 1. The molecule has 1 atom stereocenters. The smallest absolute Gasteiger partial charge is 0.133 e. The van der Waals surface area contributed by atoms with E-state index in [0.29, 0.717) is 18.0 Å². The molecule has 1 aromatic carbocycles.